The molecule has 2 N–H and O–H groups in total. The molecule has 3 rings (SSSR count). The van der Waals surface area contributed by atoms with Crippen molar-refractivity contribution in [2.75, 3.05) is 10.6 Å². The lowest BCUT2D eigenvalue weighted by Gasteiger charge is -2.10. The topological polar surface area (TPSA) is 97.4 Å². The van der Waals surface area contributed by atoms with Crippen LogP contribution < -0.4 is 10.6 Å². The van der Waals surface area contributed by atoms with E-state index in [4.69, 9.17) is 10.5 Å². The van der Waals surface area contributed by atoms with E-state index in [0.29, 0.717) is 28.6 Å². The van der Waals surface area contributed by atoms with Gasteiger partial charge in [0.2, 0.25) is 0 Å². The predicted octanol–water partition coefficient (Wildman–Crippen LogP) is 4.02. The van der Waals surface area contributed by atoms with Gasteiger partial charge in [-0.3, -0.25) is 0 Å². The maximum absolute atomic E-state index is 8.85. The van der Waals surface area contributed by atoms with Crippen molar-refractivity contribution in [2.24, 2.45) is 0 Å². The maximum atomic E-state index is 8.85. The zero-order valence-corrected chi connectivity index (χ0v) is 13.5. The van der Waals surface area contributed by atoms with Gasteiger partial charge in [-0.05, 0) is 55.5 Å². The molecular weight excluding hydrogens is 312 g/mol. The molecule has 3 aromatic rings. The van der Waals surface area contributed by atoms with Gasteiger partial charge in [-0.1, -0.05) is 0 Å². The van der Waals surface area contributed by atoms with Crippen LogP contribution in [0.15, 0.2) is 54.6 Å². The molecule has 1 aromatic heterocycles. The Morgan fingerprint density at radius 3 is 1.48 bits per heavy atom. The number of aromatic nitrogens is 2. The monoisotopic (exact) mass is 326 g/mol. The lowest BCUT2D eigenvalue weighted by Crippen LogP contribution is -2.01. The Morgan fingerprint density at radius 2 is 1.12 bits per heavy atom. The number of rotatable bonds is 4. The second kappa shape index (κ2) is 7.12. The van der Waals surface area contributed by atoms with Crippen molar-refractivity contribution in [2.45, 2.75) is 6.92 Å². The van der Waals surface area contributed by atoms with Gasteiger partial charge in [-0.15, -0.1) is 0 Å². The molecule has 0 unspecified atom stereocenters. The Morgan fingerprint density at radius 1 is 0.720 bits per heavy atom. The third-order valence-electron chi connectivity index (χ3n) is 3.41. The Bertz CT molecular complexity index is 885. The second-order valence-corrected chi connectivity index (χ2v) is 5.31. The van der Waals surface area contributed by atoms with E-state index in [-0.39, 0.29) is 0 Å². The minimum atomic E-state index is 0.604. The smallest absolute Gasteiger partial charge is 0.136 e. The van der Waals surface area contributed by atoms with E-state index in [9.17, 15) is 0 Å². The normalized spacial score (nSPS) is 9.72. The van der Waals surface area contributed by atoms with Crippen LogP contribution in [0.25, 0.3) is 0 Å². The molecular formula is C19H14N6. The fraction of sp³-hybridized carbons (Fsp3) is 0.0526. The van der Waals surface area contributed by atoms with Crippen LogP contribution in [0.2, 0.25) is 0 Å². The van der Waals surface area contributed by atoms with Crippen LogP contribution in [-0.4, -0.2) is 9.97 Å². The molecule has 0 saturated heterocycles. The van der Waals surface area contributed by atoms with Crippen LogP contribution in [0, 0.1) is 29.6 Å². The zero-order valence-electron chi connectivity index (χ0n) is 13.5. The van der Waals surface area contributed by atoms with Gasteiger partial charge in [0.1, 0.15) is 17.5 Å². The summed E-state index contributed by atoms with van der Waals surface area (Å²) in [5.74, 6) is 1.91. The molecule has 6 heteroatoms. The molecule has 0 aliphatic rings. The summed E-state index contributed by atoms with van der Waals surface area (Å²) < 4.78 is 0. The number of aryl methyl sites for hydroxylation is 1. The molecule has 6 nitrogen and oxygen atoms in total. The average molecular weight is 326 g/mol. The van der Waals surface area contributed by atoms with Crippen molar-refractivity contribution in [1.82, 2.24) is 9.97 Å². The molecule has 120 valence electrons. The van der Waals surface area contributed by atoms with E-state index in [1.807, 2.05) is 31.2 Å². The fourth-order valence-corrected chi connectivity index (χ4v) is 2.25. The van der Waals surface area contributed by atoms with Crippen molar-refractivity contribution in [3.8, 4) is 12.1 Å². The van der Waals surface area contributed by atoms with Crippen LogP contribution in [0.5, 0.6) is 0 Å². The quantitative estimate of drug-likeness (QED) is 0.751. The fourth-order valence-electron chi connectivity index (χ4n) is 2.25. The van der Waals surface area contributed by atoms with Crippen molar-refractivity contribution >= 4 is 23.0 Å². The van der Waals surface area contributed by atoms with Gasteiger partial charge < -0.3 is 10.6 Å². The number of hydrogen-bond donors (Lipinski definition) is 2. The van der Waals surface area contributed by atoms with Crippen LogP contribution in [-0.2, 0) is 0 Å². The van der Waals surface area contributed by atoms with E-state index in [0.717, 1.165) is 11.4 Å². The number of nitrogens with one attached hydrogen (secondary N) is 2. The van der Waals surface area contributed by atoms with Crippen LogP contribution in [0.1, 0.15) is 17.0 Å². The first-order chi connectivity index (χ1) is 12.2. The molecule has 0 fully saturated rings. The van der Waals surface area contributed by atoms with Gasteiger partial charge in [0.15, 0.2) is 0 Å². The summed E-state index contributed by atoms with van der Waals surface area (Å²) in [6, 6.07) is 20.2. The second-order valence-electron chi connectivity index (χ2n) is 5.31. The Labute approximate surface area is 145 Å². The Kier molecular flexibility index (Phi) is 4.55. The first-order valence-corrected chi connectivity index (χ1v) is 7.56. The van der Waals surface area contributed by atoms with Crippen LogP contribution >= 0.6 is 0 Å². The molecule has 0 radical (unpaired) electrons. The zero-order chi connectivity index (χ0) is 17.6. The molecule has 1 heterocycles. The molecule has 0 saturated carbocycles. The summed E-state index contributed by atoms with van der Waals surface area (Å²) in [6.45, 7) is 1.81. The highest BCUT2D eigenvalue weighted by Gasteiger charge is 2.04. The number of benzene rings is 2. The van der Waals surface area contributed by atoms with E-state index >= 15 is 0 Å². The minimum Gasteiger partial charge on any atom is -0.340 e. The number of anilines is 4. The van der Waals surface area contributed by atoms with Gasteiger partial charge >= 0.3 is 0 Å². The van der Waals surface area contributed by atoms with Crippen molar-refractivity contribution in [3.63, 3.8) is 0 Å². The molecule has 25 heavy (non-hydrogen) atoms. The van der Waals surface area contributed by atoms with Crippen LogP contribution in [0.3, 0.4) is 0 Å². The average Bonchev–Trinajstić information content (AvgIpc) is 2.62. The summed E-state index contributed by atoms with van der Waals surface area (Å²) in [6.07, 6.45) is 0. The van der Waals surface area contributed by atoms with E-state index in [1.165, 1.54) is 0 Å². The number of nitriles is 2. The highest BCUT2D eigenvalue weighted by atomic mass is 15.1. The molecule has 0 aliphatic carbocycles. The van der Waals surface area contributed by atoms with Gasteiger partial charge in [-0.25, -0.2) is 9.97 Å². The Balaban J connectivity index is 1.79. The van der Waals surface area contributed by atoms with Crippen molar-refractivity contribution < 1.29 is 0 Å². The third kappa shape index (κ3) is 4.10. The largest absolute Gasteiger partial charge is 0.340 e. The maximum Gasteiger partial charge on any atom is 0.136 e. The highest BCUT2D eigenvalue weighted by Crippen LogP contribution is 2.21. The number of nitrogens with zero attached hydrogens (tertiary/aromatic N) is 4. The molecule has 0 amide bonds. The van der Waals surface area contributed by atoms with Gasteiger partial charge in [0, 0.05) is 17.4 Å². The molecule has 0 bridgehead atoms. The highest BCUT2D eigenvalue weighted by molar-refractivity contribution is 5.64. The first-order valence-electron chi connectivity index (χ1n) is 7.56. The van der Waals surface area contributed by atoms with E-state index in [1.54, 1.807) is 30.3 Å². The summed E-state index contributed by atoms with van der Waals surface area (Å²) in [4.78, 5) is 8.74. The van der Waals surface area contributed by atoms with Crippen molar-refractivity contribution in [3.05, 3.63) is 71.5 Å². The minimum absolute atomic E-state index is 0.604. The Hall–Kier alpha value is -3.90. The van der Waals surface area contributed by atoms with E-state index < -0.39 is 0 Å². The summed E-state index contributed by atoms with van der Waals surface area (Å²) >= 11 is 0. The van der Waals surface area contributed by atoms with Crippen LogP contribution in [0.4, 0.5) is 23.0 Å². The van der Waals surface area contributed by atoms with E-state index in [2.05, 4.69) is 32.7 Å². The molecule has 0 atom stereocenters. The standard InChI is InChI=1S/C19H14N6/c1-13-22-18(24-16-6-2-14(11-20)3-7-16)10-19(23-13)25-17-8-4-15(12-21)5-9-17/h2-10H,1H3,(H2,22,23,24,25). The third-order valence-corrected chi connectivity index (χ3v) is 3.41. The first kappa shape index (κ1) is 16.0. The van der Waals surface area contributed by atoms with Gasteiger partial charge in [0.05, 0.1) is 23.3 Å². The predicted molar refractivity (Wildman–Crippen MR) is 95.6 cm³/mol. The number of hydrogen-bond acceptors (Lipinski definition) is 6. The molecule has 2 aromatic carbocycles. The lowest BCUT2D eigenvalue weighted by atomic mass is 10.2. The van der Waals surface area contributed by atoms with Crippen molar-refractivity contribution in [1.29, 1.82) is 10.5 Å². The summed E-state index contributed by atoms with van der Waals surface area (Å²) in [5.41, 5.74) is 2.88. The van der Waals surface area contributed by atoms with Gasteiger partial charge in [0.25, 0.3) is 0 Å². The SMILES string of the molecule is Cc1nc(Nc2ccc(C#N)cc2)cc(Nc2ccc(C#N)cc2)n1. The summed E-state index contributed by atoms with van der Waals surface area (Å²) in [7, 11) is 0. The summed E-state index contributed by atoms with van der Waals surface area (Å²) in [5, 5.41) is 24.1. The van der Waals surface area contributed by atoms with Gasteiger partial charge in [-0.2, -0.15) is 10.5 Å². The lowest BCUT2D eigenvalue weighted by molar-refractivity contribution is 1.06. The molecule has 0 aliphatic heterocycles. The molecule has 0 spiro atoms.